The SMILES string of the molecule is CCNC(=NCC(=O)NC(C)(C)C)NCCS(=O)C(C)(C)C. The van der Waals surface area contributed by atoms with Crippen LogP contribution in [0.2, 0.25) is 0 Å². The number of rotatable bonds is 6. The summed E-state index contributed by atoms with van der Waals surface area (Å²) in [6.45, 7) is 14.9. The van der Waals surface area contributed by atoms with Gasteiger partial charge >= 0.3 is 0 Å². The summed E-state index contributed by atoms with van der Waals surface area (Å²) < 4.78 is 11.8. The molecule has 7 heteroatoms. The van der Waals surface area contributed by atoms with E-state index in [0.717, 1.165) is 0 Å². The van der Waals surface area contributed by atoms with E-state index in [4.69, 9.17) is 0 Å². The highest BCUT2D eigenvalue weighted by Gasteiger charge is 2.18. The molecule has 0 rings (SSSR count). The van der Waals surface area contributed by atoms with Crippen LogP contribution in [0.25, 0.3) is 0 Å². The van der Waals surface area contributed by atoms with Gasteiger partial charge in [-0.15, -0.1) is 0 Å². The molecule has 0 radical (unpaired) electrons. The highest BCUT2D eigenvalue weighted by atomic mass is 32.2. The average molecular weight is 333 g/mol. The van der Waals surface area contributed by atoms with Crippen LogP contribution in [0.3, 0.4) is 0 Å². The van der Waals surface area contributed by atoms with Crippen molar-refractivity contribution in [3.8, 4) is 0 Å². The van der Waals surface area contributed by atoms with Gasteiger partial charge in [-0.1, -0.05) is 0 Å². The van der Waals surface area contributed by atoms with Crippen molar-refractivity contribution >= 4 is 22.7 Å². The lowest BCUT2D eigenvalue weighted by Crippen LogP contribution is -2.44. The van der Waals surface area contributed by atoms with Crippen molar-refractivity contribution in [2.45, 2.75) is 58.8 Å². The smallest absolute Gasteiger partial charge is 0.242 e. The fourth-order valence-electron chi connectivity index (χ4n) is 1.52. The van der Waals surface area contributed by atoms with E-state index in [0.29, 0.717) is 24.8 Å². The number of nitrogens with zero attached hydrogens (tertiary/aromatic N) is 1. The van der Waals surface area contributed by atoms with Crippen LogP contribution in [0.15, 0.2) is 4.99 Å². The van der Waals surface area contributed by atoms with Gasteiger partial charge < -0.3 is 16.0 Å². The predicted molar refractivity (Wildman–Crippen MR) is 94.6 cm³/mol. The van der Waals surface area contributed by atoms with Crippen molar-refractivity contribution in [3.63, 3.8) is 0 Å². The van der Waals surface area contributed by atoms with Crippen LogP contribution in [0.5, 0.6) is 0 Å². The average Bonchev–Trinajstić information content (AvgIpc) is 2.32. The quantitative estimate of drug-likeness (QED) is 0.501. The van der Waals surface area contributed by atoms with Crippen LogP contribution in [0, 0.1) is 0 Å². The van der Waals surface area contributed by atoms with Gasteiger partial charge in [-0.3, -0.25) is 9.00 Å². The van der Waals surface area contributed by atoms with E-state index in [1.807, 2.05) is 48.5 Å². The van der Waals surface area contributed by atoms with Crippen LogP contribution in [-0.4, -0.2) is 51.7 Å². The molecule has 0 bridgehead atoms. The molecule has 130 valence electrons. The van der Waals surface area contributed by atoms with Gasteiger partial charge in [0, 0.05) is 39.9 Å². The molecule has 0 fully saturated rings. The van der Waals surface area contributed by atoms with Crippen molar-refractivity contribution in [1.82, 2.24) is 16.0 Å². The van der Waals surface area contributed by atoms with Gasteiger partial charge in [0.25, 0.3) is 0 Å². The molecule has 0 aliphatic rings. The summed E-state index contributed by atoms with van der Waals surface area (Å²) in [6.07, 6.45) is 0. The molecule has 3 N–H and O–H groups in total. The van der Waals surface area contributed by atoms with Crippen molar-refractivity contribution < 1.29 is 9.00 Å². The van der Waals surface area contributed by atoms with E-state index in [1.54, 1.807) is 0 Å². The molecule has 0 aliphatic heterocycles. The van der Waals surface area contributed by atoms with Gasteiger partial charge in [0.15, 0.2) is 5.96 Å². The number of amides is 1. The molecule has 0 aromatic heterocycles. The van der Waals surface area contributed by atoms with E-state index < -0.39 is 10.8 Å². The van der Waals surface area contributed by atoms with Crippen LogP contribution in [0.1, 0.15) is 48.5 Å². The molecule has 1 amide bonds. The van der Waals surface area contributed by atoms with E-state index >= 15 is 0 Å². The van der Waals surface area contributed by atoms with Crippen molar-refractivity contribution in [1.29, 1.82) is 0 Å². The third-order valence-electron chi connectivity index (χ3n) is 2.50. The third kappa shape index (κ3) is 10.6. The number of hydrogen-bond acceptors (Lipinski definition) is 3. The van der Waals surface area contributed by atoms with Gasteiger partial charge in [-0.05, 0) is 48.5 Å². The lowest BCUT2D eigenvalue weighted by molar-refractivity contribution is -0.121. The van der Waals surface area contributed by atoms with Crippen molar-refractivity contribution in [3.05, 3.63) is 0 Å². The number of aliphatic imine (C=N–C) groups is 1. The van der Waals surface area contributed by atoms with E-state index in [9.17, 15) is 9.00 Å². The molecule has 0 spiro atoms. The molecule has 1 atom stereocenters. The van der Waals surface area contributed by atoms with Gasteiger partial charge in [0.1, 0.15) is 6.54 Å². The van der Waals surface area contributed by atoms with E-state index in [-0.39, 0.29) is 22.7 Å². The van der Waals surface area contributed by atoms with Crippen LogP contribution >= 0.6 is 0 Å². The van der Waals surface area contributed by atoms with E-state index in [1.165, 1.54) is 0 Å². The Morgan fingerprint density at radius 2 is 1.68 bits per heavy atom. The molecule has 1 unspecified atom stereocenters. The molecule has 0 aromatic carbocycles. The second-order valence-corrected chi connectivity index (χ2v) is 9.41. The summed E-state index contributed by atoms with van der Waals surface area (Å²) in [5.74, 6) is 0.989. The first-order valence-corrected chi connectivity index (χ1v) is 8.99. The molecule has 0 aliphatic carbocycles. The second-order valence-electron chi connectivity index (χ2n) is 7.08. The summed E-state index contributed by atoms with van der Waals surface area (Å²) in [6, 6.07) is 0. The second kappa shape index (κ2) is 9.12. The Kier molecular flexibility index (Phi) is 8.66. The minimum Gasteiger partial charge on any atom is -0.357 e. The number of carbonyl (C=O) groups excluding carboxylic acids is 1. The first-order valence-electron chi connectivity index (χ1n) is 7.67. The monoisotopic (exact) mass is 332 g/mol. The molecule has 6 nitrogen and oxygen atoms in total. The molecular formula is C15H32N4O2S. The largest absolute Gasteiger partial charge is 0.357 e. The number of nitrogens with one attached hydrogen (secondary N) is 3. The van der Waals surface area contributed by atoms with Gasteiger partial charge in [0.05, 0.1) is 0 Å². The molecule has 0 saturated carbocycles. The zero-order valence-electron chi connectivity index (χ0n) is 15.0. The maximum atomic E-state index is 12.0. The summed E-state index contributed by atoms with van der Waals surface area (Å²) in [4.78, 5) is 16.0. The van der Waals surface area contributed by atoms with E-state index in [2.05, 4.69) is 20.9 Å². The topological polar surface area (TPSA) is 82.6 Å². The first kappa shape index (κ1) is 20.9. The normalized spacial score (nSPS) is 14.4. The summed E-state index contributed by atoms with van der Waals surface area (Å²) >= 11 is 0. The van der Waals surface area contributed by atoms with Crippen molar-refractivity contribution in [2.24, 2.45) is 4.99 Å². The Bertz CT molecular complexity index is 409. The number of hydrogen-bond donors (Lipinski definition) is 3. The van der Waals surface area contributed by atoms with Gasteiger partial charge in [-0.25, -0.2) is 4.99 Å². The molecule has 22 heavy (non-hydrogen) atoms. The Labute approximate surface area is 137 Å². The summed E-state index contributed by atoms with van der Waals surface area (Å²) in [5, 5.41) is 9.04. The summed E-state index contributed by atoms with van der Waals surface area (Å²) in [5.41, 5.74) is -0.262. The minimum atomic E-state index is -0.908. The third-order valence-corrected chi connectivity index (χ3v) is 4.44. The fourth-order valence-corrected chi connectivity index (χ4v) is 2.42. The minimum absolute atomic E-state index is 0.0644. The van der Waals surface area contributed by atoms with Crippen molar-refractivity contribution in [2.75, 3.05) is 25.4 Å². The van der Waals surface area contributed by atoms with Crippen LogP contribution in [-0.2, 0) is 15.6 Å². The molecule has 0 aromatic rings. The Balaban J connectivity index is 4.39. The molecule has 0 heterocycles. The Hall–Kier alpha value is -1.11. The maximum Gasteiger partial charge on any atom is 0.242 e. The van der Waals surface area contributed by atoms with Gasteiger partial charge in [0.2, 0.25) is 5.91 Å². The first-order chi connectivity index (χ1) is 9.95. The number of carbonyl (C=O) groups is 1. The highest BCUT2D eigenvalue weighted by molar-refractivity contribution is 7.86. The maximum absolute atomic E-state index is 12.0. The Morgan fingerprint density at radius 1 is 1.09 bits per heavy atom. The zero-order chi connectivity index (χ0) is 17.4. The van der Waals surface area contributed by atoms with Crippen LogP contribution in [0.4, 0.5) is 0 Å². The summed E-state index contributed by atoms with van der Waals surface area (Å²) in [7, 11) is -0.908. The van der Waals surface area contributed by atoms with Gasteiger partial charge in [-0.2, -0.15) is 0 Å². The Morgan fingerprint density at radius 3 is 2.14 bits per heavy atom. The fraction of sp³-hybridized carbons (Fsp3) is 0.867. The van der Waals surface area contributed by atoms with Crippen LogP contribution < -0.4 is 16.0 Å². The standard InChI is InChI=1S/C15H32N4O2S/c1-8-16-13(17-9-10-22(21)15(5,6)7)18-11-12(20)19-14(2,3)4/h8-11H2,1-7H3,(H,19,20)(H2,16,17,18). The predicted octanol–water partition coefficient (Wildman–Crippen LogP) is 1.00. The zero-order valence-corrected chi connectivity index (χ0v) is 15.8. The highest BCUT2D eigenvalue weighted by Crippen LogP contribution is 2.10. The lowest BCUT2D eigenvalue weighted by Gasteiger charge is -2.20. The molecular weight excluding hydrogens is 300 g/mol. The number of guanidine groups is 1. The lowest BCUT2D eigenvalue weighted by atomic mass is 10.1. The molecule has 0 saturated heterocycles.